The molecule has 0 fully saturated rings. The van der Waals surface area contributed by atoms with Gasteiger partial charge in [0.15, 0.2) is 0 Å². The number of hydrogen-bond donors (Lipinski definition) is 1. The zero-order valence-corrected chi connectivity index (χ0v) is 16.9. The molecule has 154 valence electrons. The van der Waals surface area contributed by atoms with E-state index in [1.807, 2.05) is 24.3 Å². The van der Waals surface area contributed by atoms with Crippen molar-refractivity contribution in [3.8, 4) is 11.8 Å². The Morgan fingerprint density at radius 3 is 2.44 bits per heavy atom. The summed E-state index contributed by atoms with van der Waals surface area (Å²) in [6, 6.07) is 26.2. The van der Waals surface area contributed by atoms with Gasteiger partial charge in [0.2, 0.25) is 0 Å². The molecule has 0 radical (unpaired) electrons. The van der Waals surface area contributed by atoms with Crippen molar-refractivity contribution in [3.05, 3.63) is 108 Å². The molecule has 0 saturated carbocycles. The van der Waals surface area contributed by atoms with Crippen LogP contribution in [-0.2, 0) is 4.79 Å². The molecule has 1 amide bonds. The van der Waals surface area contributed by atoms with Crippen molar-refractivity contribution in [3.63, 3.8) is 0 Å². The van der Waals surface area contributed by atoms with Crippen LogP contribution < -0.4 is 10.1 Å². The van der Waals surface area contributed by atoms with Gasteiger partial charge in [0, 0.05) is 11.6 Å². The molecule has 0 saturated heterocycles. The predicted octanol–water partition coefficient (Wildman–Crippen LogP) is 5.00. The largest absolute Gasteiger partial charge is 0.423 e. The highest BCUT2D eigenvalue weighted by Gasteiger charge is 2.12. The fourth-order valence-electron chi connectivity index (χ4n) is 3.09. The minimum atomic E-state index is -0.525. The number of rotatable bonds is 5. The van der Waals surface area contributed by atoms with Gasteiger partial charge in [-0.25, -0.2) is 4.79 Å². The van der Waals surface area contributed by atoms with Gasteiger partial charge in [-0.1, -0.05) is 36.4 Å². The molecule has 32 heavy (non-hydrogen) atoms. The Morgan fingerprint density at radius 2 is 1.69 bits per heavy atom. The number of ether oxygens (including phenoxy) is 1. The summed E-state index contributed by atoms with van der Waals surface area (Å²) >= 11 is 0. The SMILES string of the molecule is N#C/C(=C\c1ccc(OC(=O)c2ccccc2)cc1)C(=O)Nc1cccc2ncccc12. The predicted molar refractivity (Wildman–Crippen MR) is 122 cm³/mol. The van der Waals surface area contributed by atoms with Crippen LogP contribution in [0.15, 0.2) is 96.7 Å². The zero-order chi connectivity index (χ0) is 22.3. The normalized spacial score (nSPS) is 10.9. The lowest BCUT2D eigenvalue weighted by Gasteiger charge is -2.08. The Balaban J connectivity index is 1.48. The summed E-state index contributed by atoms with van der Waals surface area (Å²) in [6.07, 6.45) is 3.15. The molecule has 0 aliphatic rings. The highest BCUT2D eigenvalue weighted by molar-refractivity contribution is 6.12. The van der Waals surface area contributed by atoms with Crippen LogP contribution in [0.2, 0.25) is 0 Å². The number of anilines is 1. The molecule has 0 spiro atoms. The summed E-state index contributed by atoms with van der Waals surface area (Å²) < 4.78 is 5.34. The molecule has 6 heteroatoms. The minimum absolute atomic E-state index is 0.0556. The molecule has 0 bridgehead atoms. The summed E-state index contributed by atoms with van der Waals surface area (Å²) in [6.45, 7) is 0. The van der Waals surface area contributed by atoms with Crippen molar-refractivity contribution in [2.24, 2.45) is 0 Å². The molecule has 3 aromatic carbocycles. The number of amides is 1. The topological polar surface area (TPSA) is 92.1 Å². The van der Waals surface area contributed by atoms with Crippen LogP contribution in [-0.4, -0.2) is 16.9 Å². The fraction of sp³-hybridized carbons (Fsp3) is 0. The van der Waals surface area contributed by atoms with Crippen LogP contribution in [0, 0.1) is 11.3 Å². The van der Waals surface area contributed by atoms with Gasteiger partial charge in [-0.2, -0.15) is 5.26 Å². The van der Waals surface area contributed by atoms with E-state index in [9.17, 15) is 14.9 Å². The molecular formula is C26H17N3O3. The number of nitrogens with one attached hydrogen (secondary N) is 1. The number of carbonyl (C=O) groups excluding carboxylic acids is 2. The second-order valence-corrected chi connectivity index (χ2v) is 6.82. The minimum Gasteiger partial charge on any atom is -0.423 e. The highest BCUT2D eigenvalue weighted by Crippen LogP contribution is 2.22. The molecule has 1 N–H and O–H groups in total. The summed E-state index contributed by atoms with van der Waals surface area (Å²) in [5, 5.41) is 13.0. The number of nitrogens with zero attached hydrogens (tertiary/aromatic N) is 2. The maximum absolute atomic E-state index is 12.7. The van der Waals surface area contributed by atoms with Gasteiger partial charge in [0.05, 0.1) is 16.8 Å². The van der Waals surface area contributed by atoms with E-state index in [-0.39, 0.29) is 5.57 Å². The lowest BCUT2D eigenvalue weighted by molar-refractivity contribution is -0.112. The molecule has 1 aromatic heterocycles. The van der Waals surface area contributed by atoms with Gasteiger partial charge in [-0.3, -0.25) is 9.78 Å². The highest BCUT2D eigenvalue weighted by atomic mass is 16.5. The van der Waals surface area contributed by atoms with Crippen LogP contribution in [0.5, 0.6) is 5.75 Å². The molecule has 0 aliphatic heterocycles. The molecule has 0 atom stereocenters. The molecule has 4 aromatic rings. The molecule has 4 rings (SSSR count). The van der Waals surface area contributed by atoms with Crippen LogP contribution in [0.4, 0.5) is 5.69 Å². The van der Waals surface area contributed by atoms with E-state index in [1.54, 1.807) is 72.9 Å². The van der Waals surface area contributed by atoms with E-state index < -0.39 is 11.9 Å². The second kappa shape index (κ2) is 9.37. The van der Waals surface area contributed by atoms with Crippen LogP contribution >= 0.6 is 0 Å². The quantitative estimate of drug-likeness (QED) is 0.213. The van der Waals surface area contributed by atoms with Crippen molar-refractivity contribution in [2.45, 2.75) is 0 Å². The number of pyridine rings is 1. The van der Waals surface area contributed by atoms with Gasteiger partial charge in [0.25, 0.3) is 5.91 Å². The standard InChI is InChI=1S/C26H17N3O3/c27-17-20(25(30)29-24-10-4-9-23-22(24)8-5-15-28-23)16-18-11-13-21(14-12-18)32-26(31)19-6-2-1-3-7-19/h1-16H,(H,29,30)/b20-16+. The summed E-state index contributed by atoms with van der Waals surface area (Å²) in [5.74, 6) is -0.624. The summed E-state index contributed by atoms with van der Waals surface area (Å²) in [4.78, 5) is 29.1. The van der Waals surface area contributed by atoms with Crippen LogP contribution in [0.3, 0.4) is 0 Å². The fourth-order valence-corrected chi connectivity index (χ4v) is 3.09. The van der Waals surface area contributed by atoms with E-state index >= 15 is 0 Å². The molecule has 1 heterocycles. The van der Waals surface area contributed by atoms with Gasteiger partial charge in [-0.05, 0) is 60.2 Å². The van der Waals surface area contributed by atoms with Gasteiger partial charge in [-0.15, -0.1) is 0 Å². The third-order valence-corrected chi connectivity index (χ3v) is 4.67. The number of nitriles is 1. The monoisotopic (exact) mass is 419 g/mol. The number of fused-ring (bicyclic) bond motifs is 1. The van der Waals surface area contributed by atoms with Crippen molar-refractivity contribution in [1.29, 1.82) is 5.26 Å². The van der Waals surface area contributed by atoms with Gasteiger partial charge < -0.3 is 10.1 Å². The molecule has 0 aliphatic carbocycles. The Morgan fingerprint density at radius 1 is 0.906 bits per heavy atom. The van der Waals surface area contributed by atoms with E-state index in [0.29, 0.717) is 22.6 Å². The van der Waals surface area contributed by atoms with Crippen molar-refractivity contribution >= 4 is 34.5 Å². The van der Waals surface area contributed by atoms with E-state index in [4.69, 9.17) is 4.74 Å². The Bertz CT molecular complexity index is 1350. The number of hydrogen-bond acceptors (Lipinski definition) is 5. The van der Waals surface area contributed by atoms with Crippen LogP contribution in [0.1, 0.15) is 15.9 Å². The molecular weight excluding hydrogens is 402 g/mol. The first kappa shape index (κ1) is 20.5. The van der Waals surface area contributed by atoms with Crippen molar-refractivity contribution < 1.29 is 14.3 Å². The van der Waals surface area contributed by atoms with Gasteiger partial charge >= 0.3 is 5.97 Å². The third kappa shape index (κ3) is 4.69. The lowest BCUT2D eigenvalue weighted by atomic mass is 10.1. The van der Waals surface area contributed by atoms with Gasteiger partial charge in [0.1, 0.15) is 17.4 Å². The van der Waals surface area contributed by atoms with E-state index in [1.165, 1.54) is 6.08 Å². The number of esters is 1. The molecule has 0 unspecified atom stereocenters. The maximum Gasteiger partial charge on any atom is 0.343 e. The van der Waals surface area contributed by atoms with Crippen LogP contribution in [0.25, 0.3) is 17.0 Å². The molecule has 6 nitrogen and oxygen atoms in total. The maximum atomic E-state index is 12.7. The second-order valence-electron chi connectivity index (χ2n) is 6.82. The lowest BCUT2D eigenvalue weighted by Crippen LogP contribution is -2.13. The average molecular weight is 419 g/mol. The zero-order valence-electron chi connectivity index (χ0n) is 16.9. The first-order valence-corrected chi connectivity index (χ1v) is 9.78. The summed E-state index contributed by atoms with van der Waals surface area (Å²) in [7, 11) is 0. The first-order valence-electron chi connectivity index (χ1n) is 9.78. The average Bonchev–Trinajstić information content (AvgIpc) is 2.84. The van der Waals surface area contributed by atoms with E-state index in [2.05, 4.69) is 10.3 Å². The van der Waals surface area contributed by atoms with E-state index in [0.717, 1.165) is 10.9 Å². The van der Waals surface area contributed by atoms with Crippen molar-refractivity contribution in [2.75, 3.05) is 5.32 Å². The number of carbonyl (C=O) groups is 2. The number of benzene rings is 3. The smallest absolute Gasteiger partial charge is 0.343 e. The number of aromatic nitrogens is 1. The Labute approximate surface area is 184 Å². The summed E-state index contributed by atoms with van der Waals surface area (Å²) in [5.41, 5.74) is 2.33. The van der Waals surface area contributed by atoms with Crippen molar-refractivity contribution in [1.82, 2.24) is 4.98 Å². The third-order valence-electron chi connectivity index (χ3n) is 4.67. The Kier molecular flexibility index (Phi) is 6.01. The Hall–Kier alpha value is -4.76. The first-order chi connectivity index (χ1) is 15.6.